The highest BCUT2D eigenvalue weighted by Crippen LogP contribution is 2.10. The lowest BCUT2D eigenvalue weighted by Gasteiger charge is -2.29. The lowest BCUT2D eigenvalue weighted by atomic mass is 10.1. The van der Waals surface area contributed by atoms with E-state index in [-0.39, 0.29) is 11.7 Å². The number of likely N-dealkylation sites (N-methyl/N-ethyl adjacent to an activating group) is 1. The molecule has 0 aromatic heterocycles. The van der Waals surface area contributed by atoms with Crippen LogP contribution in [0.25, 0.3) is 0 Å². The summed E-state index contributed by atoms with van der Waals surface area (Å²) in [6, 6.07) is 0. The van der Waals surface area contributed by atoms with E-state index < -0.39 is 16.6 Å². The standard InChI is InChI=1S/C13H25N2O3S/c1-3-12(11-19(17)18)13(16)14(2)9-10-15-7-5-4-6-8-15/h3,12,19H,4-11H2,1-2H3. The molecule has 1 atom stereocenters. The highest BCUT2D eigenvalue weighted by atomic mass is 32.2. The maximum Gasteiger partial charge on any atom is 0.226 e. The van der Waals surface area contributed by atoms with Gasteiger partial charge in [-0.2, -0.15) is 0 Å². The average Bonchev–Trinajstić information content (AvgIpc) is 2.42. The van der Waals surface area contributed by atoms with Gasteiger partial charge in [0, 0.05) is 20.1 Å². The van der Waals surface area contributed by atoms with Crippen molar-refractivity contribution in [2.45, 2.75) is 26.2 Å². The van der Waals surface area contributed by atoms with Crippen molar-refractivity contribution >= 4 is 16.6 Å². The monoisotopic (exact) mass is 289 g/mol. The van der Waals surface area contributed by atoms with E-state index in [2.05, 4.69) is 4.90 Å². The molecule has 1 fully saturated rings. The SMILES string of the molecule is C[CH]C(C[SH](=O)=O)C(=O)N(C)CCN1CCCCC1. The molecule has 6 heteroatoms. The van der Waals surface area contributed by atoms with E-state index in [0.717, 1.165) is 19.6 Å². The molecule has 0 N–H and O–H groups in total. The Morgan fingerprint density at radius 2 is 1.95 bits per heavy atom. The summed E-state index contributed by atoms with van der Waals surface area (Å²) < 4.78 is 21.5. The second kappa shape index (κ2) is 8.53. The quantitative estimate of drug-likeness (QED) is 0.689. The number of rotatable bonds is 7. The highest BCUT2D eigenvalue weighted by Gasteiger charge is 2.22. The molecule has 19 heavy (non-hydrogen) atoms. The minimum Gasteiger partial charge on any atom is -0.344 e. The lowest BCUT2D eigenvalue weighted by molar-refractivity contribution is -0.132. The van der Waals surface area contributed by atoms with Gasteiger partial charge in [0.1, 0.15) is 10.7 Å². The maximum atomic E-state index is 12.1. The summed E-state index contributed by atoms with van der Waals surface area (Å²) >= 11 is 0. The van der Waals surface area contributed by atoms with E-state index in [9.17, 15) is 13.2 Å². The number of amides is 1. The van der Waals surface area contributed by atoms with Gasteiger partial charge in [-0.25, -0.2) is 8.42 Å². The lowest BCUT2D eigenvalue weighted by Crippen LogP contribution is -2.41. The number of nitrogens with zero attached hydrogens (tertiary/aromatic N) is 2. The van der Waals surface area contributed by atoms with Gasteiger partial charge in [0.05, 0.1) is 11.7 Å². The number of carbonyl (C=O) groups excluding carboxylic acids is 1. The Bertz CT molecular complexity index is 344. The molecule has 0 spiro atoms. The molecule has 5 nitrogen and oxygen atoms in total. The van der Waals surface area contributed by atoms with Crippen LogP contribution in [0.2, 0.25) is 0 Å². The van der Waals surface area contributed by atoms with E-state index in [1.807, 2.05) is 0 Å². The Morgan fingerprint density at radius 1 is 1.32 bits per heavy atom. The molecule has 1 aliphatic rings. The van der Waals surface area contributed by atoms with Crippen LogP contribution in [-0.4, -0.2) is 63.1 Å². The van der Waals surface area contributed by atoms with Crippen molar-refractivity contribution in [2.24, 2.45) is 5.92 Å². The van der Waals surface area contributed by atoms with Gasteiger partial charge >= 0.3 is 0 Å². The van der Waals surface area contributed by atoms with Crippen LogP contribution in [0.1, 0.15) is 26.2 Å². The van der Waals surface area contributed by atoms with Crippen LogP contribution in [0.3, 0.4) is 0 Å². The molecular formula is C13H25N2O3S. The summed E-state index contributed by atoms with van der Waals surface area (Å²) in [6.07, 6.45) is 5.44. The predicted molar refractivity (Wildman–Crippen MR) is 76.6 cm³/mol. The van der Waals surface area contributed by atoms with Gasteiger partial charge in [0.15, 0.2) is 0 Å². The van der Waals surface area contributed by atoms with Crippen LogP contribution in [0.4, 0.5) is 0 Å². The largest absolute Gasteiger partial charge is 0.344 e. The van der Waals surface area contributed by atoms with Gasteiger partial charge in [0.25, 0.3) is 0 Å². The Morgan fingerprint density at radius 3 is 2.47 bits per heavy atom. The summed E-state index contributed by atoms with van der Waals surface area (Å²) in [5.41, 5.74) is 0. The summed E-state index contributed by atoms with van der Waals surface area (Å²) in [5, 5.41) is 0. The minimum absolute atomic E-state index is 0.0846. The molecule has 0 saturated carbocycles. The highest BCUT2D eigenvalue weighted by molar-refractivity contribution is 7.72. The van der Waals surface area contributed by atoms with Crippen LogP contribution < -0.4 is 0 Å². The van der Waals surface area contributed by atoms with Crippen LogP contribution >= 0.6 is 0 Å². The van der Waals surface area contributed by atoms with Gasteiger partial charge in [-0.05, 0) is 32.4 Å². The Hall–Kier alpha value is -0.620. The number of thiol groups is 1. The molecule has 1 rings (SSSR count). The molecule has 1 aliphatic heterocycles. The zero-order valence-electron chi connectivity index (χ0n) is 11.9. The van der Waals surface area contributed by atoms with Gasteiger partial charge in [0.2, 0.25) is 5.91 Å². The summed E-state index contributed by atoms with van der Waals surface area (Å²) in [6.45, 7) is 5.50. The van der Waals surface area contributed by atoms with E-state index in [1.54, 1.807) is 25.3 Å². The zero-order chi connectivity index (χ0) is 14.3. The van der Waals surface area contributed by atoms with Crippen LogP contribution in [0, 0.1) is 12.3 Å². The first-order valence-corrected chi connectivity index (χ1v) is 8.29. The van der Waals surface area contributed by atoms with Gasteiger partial charge in [-0.15, -0.1) is 0 Å². The fraction of sp³-hybridized carbons (Fsp3) is 0.846. The molecular weight excluding hydrogens is 264 g/mol. The topological polar surface area (TPSA) is 57.7 Å². The van der Waals surface area contributed by atoms with Crippen molar-refractivity contribution in [3.63, 3.8) is 0 Å². The van der Waals surface area contributed by atoms with Crippen molar-refractivity contribution < 1.29 is 13.2 Å². The molecule has 0 aromatic carbocycles. The molecule has 0 aliphatic carbocycles. The number of carbonyl (C=O) groups is 1. The molecule has 1 unspecified atom stereocenters. The minimum atomic E-state index is -2.51. The zero-order valence-corrected chi connectivity index (χ0v) is 12.8. The van der Waals surface area contributed by atoms with E-state index >= 15 is 0 Å². The third-order valence-corrected chi connectivity index (χ3v) is 4.33. The number of hydrogen-bond donors (Lipinski definition) is 1. The van der Waals surface area contributed by atoms with Gasteiger partial charge in [-0.1, -0.05) is 13.3 Å². The molecule has 0 bridgehead atoms. The molecule has 1 amide bonds. The number of hydrogen-bond acceptors (Lipinski definition) is 4. The normalized spacial score (nSPS) is 18.5. The van der Waals surface area contributed by atoms with E-state index in [1.165, 1.54) is 19.3 Å². The van der Waals surface area contributed by atoms with E-state index in [4.69, 9.17) is 0 Å². The Kier molecular flexibility index (Phi) is 7.38. The molecule has 1 radical (unpaired) electrons. The van der Waals surface area contributed by atoms with Crippen molar-refractivity contribution in [2.75, 3.05) is 39.0 Å². The fourth-order valence-electron chi connectivity index (χ4n) is 2.35. The van der Waals surface area contributed by atoms with Crippen molar-refractivity contribution in [3.05, 3.63) is 6.42 Å². The summed E-state index contributed by atoms with van der Waals surface area (Å²) in [7, 11) is -0.763. The number of piperidine rings is 1. The second-order valence-corrected chi connectivity index (χ2v) is 6.15. The summed E-state index contributed by atoms with van der Waals surface area (Å²) in [4.78, 5) is 16.1. The molecule has 1 saturated heterocycles. The third-order valence-electron chi connectivity index (χ3n) is 3.64. The fourth-order valence-corrected chi connectivity index (χ4v) is 3.04. The Balaban J connectivity index is 2.37. The first kappa shape index (κ1) is 16.4. The first-order chi connectivity index (χ1) is 9.04. The molecule has 0 aromatic rings. The maximum absolute atomic E-state index is 12.1. The smallest absolute Gasteiger partial charge is 0.226 e. The van der Waals surface area contributed by atoms with Crippen LogP contribution in [0.15, 0.2) is 0 Å². The molecule has 111 valence electrons. The van der Waals surface area contributed by atoms with Crippen LogP contribution in [0.5, 0.6) is 0 Å². The van der Waals surface area contributed by atoms with Gasteiger partial charge < -0.3 is 9.80 Å². The summed E-state index contributed by atoms with van der Waals surface area (Å²) in [5.74, 6) is -0.690. The first-order valence-electron chi connectivity index (χ1n) is 6.93. The average molecular weight is 289 g/mol. The predicted octanol–water partition coefficient (Wildman–Crippen LogP) is 0.382. The van der Waals surface area contributed by atoms with Crippen molar-refractivity contribution in [1.29, 1.82) is 0 Å². The second-order valence-electron chi connectivity index (χ2n) is 5.12. The Labute approximate surface area is 117 Å². The molecule has 1 heterocycles. The van der Waals surface area contributed by atoms with Gasteiger partial charge in [-0.3, -0.25) is 4.79 Å². The third kappa shape index (κ3) is 5.91. The van der Waals surface area contributed by atoms with E-state index in [0.29, 0.717) is 6.54 Å². The van der Waals surface area contributed by atoms with Crippen LogP contribution in [-0.2, 0) is 15.5 Å². The van der Waals surface area contributed by atoms with Crippen molar-refractivity contribution in [1.82, 2.24) is 9.80 Å². The van der Waals surface area contributed by atoms with Crippen molar-refractivity contribution in [3.8, 4) is 0 Å². The number of likely N-dealkylation sites (tertiary alicyclic amines) is 1.